The second-order valence-corrected chi connectivity index (χ2v) is 3.86. The Bertz CT molecular complexity index is 398. The van der Waals surface area contributed by atoms with Crippen molar-refractivity contribution in [3.63, 3.8) is 0 Å². The van der Waals surface area contributed by atoms with Gasteiger partial charge in [0.15, 0.2) is 0 Å². The third-order valence-corrected chi connectivity index (χ3v) is 2.88. The van der Waals surface area contributed by atoms with Crippen LogP contribution in [-0.4, -0.2) is 25.5 Å². The van der Waals surface area contributed by atoms with E-state index in [-0.39, 0.29) is 0 Å². The molecule has 1 aromatic carbocycles. The Hall–Kier alpha value is -0.975. The zero-order valence-electron chi connectivity index (χ0n) is 8.62. The van der Waals surface area contributed by atoms with Gasteiger partial charge in [-0.25, -0.2) is 8.78 Å². The van der Waals surface area contributed by atoms with Crippen molar-refractivity contribution in [1.29, 1.82) is 0 Å². The van der Waals surface area contributed by atoms with Crippen LogP contribution in [0.2, 0.25) is 0 Å². The first kappa shape index (κ1) is 11.5. The van der Waals surface area contributed by atoms with Crippen LogP contribution in [0.25, 0.3) is 0 Å². The van der Waals surface area contributed by atoms with Crippen molar-refractivity contribution in [2.24, 2.45) is 5.73 Å². The number of benzene rings is 1. The van der Waals surface area contributed by atoms with Crippen LogP contribution in [0.15, 0.2) is 18.2 Å². The number of hydrogen-bond donors (Lipinski definition) is 2. The quantitative estimate of drug-likeness (QED) is 0.714. The van der Waals surface area contributed by atoms with Crippen molar-refractivity contribution in [3.8, 4) is 0 Å². The third-order valence-electron chi connectivity index (χ3n) is 2.88. The van der Waals surface area contributed by atoms with Crippen molar-refractivity contribution >= 4 is 12.6 Å². The first-order valence-electron chi connectivity index (χ1n) is 4.98. The molecule has 3 nitrogen and oxygen atoms in total. The molecule has 6 heteroatoms. The lowest BCUT2D eigenvalue weighted by Gasteiger charge is -2.23. The summed E-state index contributed by atoms with van der Waals surface area (Å²) in [6.07, 6.45) is 0. The first-order chi connectivity index (χ1) is 7.66. The summed E-state index contributed by atoms with van der Waals surface area (Å²) in [6, 6.07) is 4.86. The van der Waals surface area contributed by atoms with Gasteiger partial charge in [0.2, 0.25) is 0 Å². The molecule has 86 valence electrons. The molecule has 1 aliphatic heterocycles. The third kappa shape index (κ3) is 1.54. The highest BCUT2D eigenvalue weighted by Crippen LogP contribution is 2.32. The maximum Gasteiger partial charge on any atom is 0.492 e. The highest BCUT2D eigenvalue weighted by atomic mass is 19.1. The fourth-order valence-corrected chi connectivity index (χ4v) is 1.94. The topological polar surface area (TPSA) is 55.5 Å². The maximum atomic E-state index is 12.9. The van der Waals surface area contributed by atoms with E-state index in [4.69, 9.17) is 10.4 Å². The van der Waals surface area contributed by atoms with Gasteiger partial charge in [0.25, 0.3) is 0 Å². The van der Waals surface area contributed by atoms with E-state index in [0.29, 0.717) is 17.6 Å². The molecule has 0 saturated heterocycles. The fraction of sp³-hybridized carbons (Fsp3) is 0.400. The van der Waals surface area contributed by atoms with Crippen LogP contribution in [0.4, 0.5) is 8.78 Å². The van der Waals surface area contributed by atoms with E-state index in [9.17, 15) is 13.8 Å². The van der Waals surface area contributed by atoms with Crippen LogP contribution in [-0.2, 0) is 16.8 Å². The average Bonchev–Trinajstić information content (AvgIpc) is 2.62. The minimum atomic E-state index is -1.65. The molecule has 1 heterocycles. The van der Waals surface area contributed by atoms with Gasteiger partial charge in [-0.15, -0.1) is 0 Å². The summed E-state index contributed by atoms with van der Waals surface area (Å²) in [4.78, 5) is 0. The number of nitrogens with two attached hydrogens (primary N) is 1. The summed E-state index contributed by atoms with van der Waals surface area (Å²) in [5.74, 6) is 0. The fourth-order valence-electron chi connectivity index (χ4n) is 1.94. The van der Waals surface area contributed by atoms with E-state index in [1.54, 1.807) is 18.2 Å². The second-order valence-electron chi connectivity index (χ2n) is 3.86. The number of fused-ring (bicyclic) bond motifs is 1. The van der Waals surface area contributed by atoms with Crippen molar-refractivity contribution in [3.05, 3.63) is 29.3 Å². The molecule has 0 unspecified atom stereocenters. The highest BCUT2D eigenvalue weighted by Gasteiger charge is 2.47. The summed E-state index contributed by atoms with van der Waals surface area (Å²) in [5, 5.41) is 9.60. The van der Waals surface area contributed by atoms with E-state index in [0.717, 1.165) is 5.56 Å². The molecule has 0 aliphatic carbocycles. The molecule has 1 aliphatic rings. The zero-order chi connectivity index (χ0) is 11.8. The SMILES string of the molecule is NCc1ccc2c(c1)B(O)OC2(CF)CF. The van der Waals surface area contributed by atoms with Gasteiger partial charge in [-0.1, -0.05) is 18.2 Å². The Balaban J connectivity index is 2.50. The smallest absolute Gasteiger partial charge is 0.423 e. The van der Waals surface area contributed by atoms with E-state index in [1.807, 2.05) is 0 Å². The van der Waals surface area contributed by atoms with Gasteiger partial charge in [-0.05, 0) is 16.6 Å². The summed E-state index contributed by atoms with van der Waals surface area (Å²) in [6.45, 7) is -1.71. The molecule has 0 saturated carbocycles. The maximum absolute atomic E-state index is 12.9. The predicted molar refractivity (Wildman–Crippen MR) is 56.7 cm³/mol. The molecule has 0 radical (unpaired) electrons. The minimum Gasteiger partial charge on any atom is -0.423 e. The minimum absolute atomic E-state index is 0.304. The number of halogens is 2. The van der Waals surface area contributed by atoms with Crippen LogP contribution in [0, 0.1) is 0 Å². The molecule has 1 aromatic rings. The van der Waals surface area contributed by atoms with Gasteiger partial charge in [0, 0.05) is 6.54 Å². The molecule has 2 rings (SSSR count). The lowest BCUT2D eigenvalue weighted by atomic mass is 9.77. The molecular weight excluding hydrogens is 215 g/mol. The number of hydrogen-bond acceptors (Lipinski definition) is 3. The first-order valence-corrected chi connectivity index (χ1v) is 4.98. The van der Waals surface area contributed by atoms with Crippen LogP contribution >= 0.6 is 0 Å². The Kier molecular flexibility index (Phi) is 2.97. The Morgan fingerprint density at radius 1 is 1.38 bits per heavy atom. The van der Waals surface area contributed by atoms with Crippen molar-refractivity contribution < 1.29 is 18.5 Å². The number of alkyl halides is 2. The van der Waals surface area contributed by atoms with E-state index < -0.39 is 26.1 Å². The van der Waals surface area contributed by atoms with Crippen LogP contribution in [0.1, 0.15) is 11.1 Å². The molecule has 0 amide bonds. The molecule has 0 atom stereocenters. The largest absolute Gasteiger partial charge is 0.492 e. The van der Waals surface area contributed by atoms with Gasteiger partial charge in [0.1, 0.15) is 19.0 Å². The van der Waals surface area contributed by atoms with Gasteiger partial charge >= 0.3 is 7.12 Å². The standard InChI is InChI=1S/C10H12BF2NO2/c12-5-10(6-13)8-2-1-7(4-14)3-9(8)11(15)16-10/h1-3,15H,4-6,14H2. The Labute approximate surface area is 92.4 Å². The second kappa shape index (κ2) is 4.12. The molecule has 0 spiro atoms. The monoisotopic (exact) mass is 227 g/mol. The van der Waals surface area contributed by atoms with Gasteiger partial charge < -0.3 is 15.4 Å². The van der Waals surface area contributed by atoms with E-state index in [1.165, 1.54) is 0 Å². The van der Waals surface area contributed by atoms with Crippen molar-refractivity contribution in [2.45, 2.75) is 12.1 Å². The van der Waals surface area contributed by atoms with Crippen LogP contribution < -0.4 is 11.2 Å². The van der Waals surface area contributed by atoms with Crippen molar-refractivity contribution in [1.82, 2.24) is 0 Å². The lowest BCUT2D eigenvalue weighted by molar-refractivity contribution is 0.0106. The predicted octanol–water partition coefficient (Wildman–Crippen LogP) is -0.00270. The molecular formula is C10H12BF2NO2. The Morgan fingerprint density at radius 2 is 2.06 bits per heavy atom. The summed E-state index contributed by atoms with van der Waals surface area (Å²) >= 11 is 0. The lowest BCUT2D eigenvalue weighted by Crippen LogP contribution is -2.33. The van der Waals surface area contributed by atoms with Crippen LogP contribution in [0.3, 0.4) is 0 Å². The summed E-state index contributed by atoms with van der Waals surface area (Å²) < 4.78 is 30.8. The summed E-state index contributed by atoms with van der Waals surface area (Å²) in [7, 11) is -1.28. The van der Waals surface area contributed by atoms with Gasteiger partial charge in [-0.2, -0.15) is 0 Å². The Morgan fingerprint density at radius 3 is 2.62 bits per heavy atom. The van der Waals surface area contributed by atoms with E-state index in [2.05, 4.69) is 0 Å². The van der Waals surface area contributed by atoms with Gasteiger partial charge in [0.05, 0.1) is 0 Å². The molecule has 16 heavy (non-hydrogen) atoms. The number of rotatable bonds is 3. The average molecular weight is 227 g/mol. The van der Waals surface area contributed by atoms with Gasteiger partial charge in [-0.3, -0.25) is 0 Å². The zero-order valence-corrected chi connectivity index (χ0v) is 8.62. The molecule has 3 N–H and O–H groups in total. The molecule has 0 aromatic heterocycles. The molecule has 0 fully saturated rings. The van der Waals surface area contributed by atoms with E-state index >= 15 is 0 Å². The normalized spacial score (nSPS) is 17.6. The summed E-state index contributed by atoms with van der Waals surface area (Å²) in [5.41, 5.74) is 5.35. The van der Waals surface area contributed by atoms with Crippen LogP contribution in [0.5, 0.6) is 0 Å². The van der Waals surface area contributed by atoms with Crippen molar-refractivity contribution in [2.75, 3.05) is 13.3 Å². The highest BCUT2D eigenvalue weighted by molar-refractivity contribution is 6.62. The molecule has 0 bridgehead atoms.